The second-order valence-electron chi connectivity index (χ2n) is 11.5. The molecule has 0 radical (unpaired) electrons. The van der Waals surface area contributed by atoms with Crippen LogP contribution in [0.2, 0.25) is 0 Å². The molecule has 0 aliphatic heterocycles. The Morgan fingerprint density at radius 2 is 1.71 bits per heavy atom. The summed E-state index contributed by atoms with van der Waals surface area (Å²) in [4.78, 5) is 49.7. The topological polar surface area (TPSA) is 166 Å². The molecule has 3 rings (SSSR count). The summed E-state index contributed by atoms with van der Waals surface area (Å²) in [5.74, 6) is -4.37. The smallest absolute Gasteiger partial charge is 0.407 e. The largest absolute Gasteiger partial charge is 0.467 e. The third-order valence-corrected chi connectivity index (χ3v) is 6.20. The molecule has 1 aliphatic rings. The van der Waals surface area contributed by atoms with Crippen molar-refractivity contribution in [2.45, 2.75) is 70.6 Å². The Hall–Kier alpha value is -4.82. The highest BCUT2D eigenvalue weighted by molar-refractivity contribution is 5.97. The molecule has 1 heterocycles. The van der Waals surface area contributed by atoms with Crippen LogP contribution in [0, 0.1) is 0 Å². The van der Waals surface area contributed by atoms with Gasteiger partial charge in [0.2, 0.25) is 11.9 Å². The Morgan fingerprint density at radius 3 is 2.27 bits per heavy atom. The molecular formula is C30H39F2N7O6. The maximum absolute atomic E-state index is 13.5. The van der Waals surface area contributed by atoms with Crippen molar-refractivity contribution in [1.82, 2.24) is 25.6 Å². The highest BCUT2D eigenvalue weighted by Crippen LogP contribution is 2.44. The molecule has 45 heavy (non-hydrogen) atoms. The number of alkyl halides is 2. The lowest BCUT2D eigenvalue weighted by Gasteiger charge is -2.21. The second kappa shape index (κ2) is 14.3. The zero-order valence-electron chi connectivity index (χ0n) is 26.1. The van der Waals surface area contributed by atoms with E-state index in [1.54, 1.807) is 32.9 Å². The number of nitrogens with zero attached hydrogens (tertiary/aromatic N) is 3. The summed E-state index contributed by atoms with van der Waals surface area (Å²) in [6.45, 7) is 10.6. The van der Waals surface area contributed by atoms with Crippen molar-refractivity contribution >= 4 is 35.6 Å². The van der Waals surface area contributed by atoms with Crippen LogP contribution in [0.1, 0.15) is 57.8 Å². The molecule has 13 nitrogen and oxygen atoms in total. The van der Waals surface area contributed by atoms with Gasteiger partial charge in [-0.05, 0) is 70.4 Å². The predicted molar refractivity (Wildman–Crippen MR) is 163 cm³/mol. The van der Waals surface area contributed by atoms with E-state index in [1.165, 1.54) is 12.1 Å². The Kier molecular flexibility index (Phi) is 11.0. The van der Waals surface area contributed by atoms with Crippen molar-refractivity contribution in [2.75, 3.05) is 30.9 Å². The number of amides is 2. The maximum Gasteiger partial charge on any atom is 0.407 e. The van der Waals surface area contributed by atoms with E-state index in [0.29, 0.717) is 5.69 Å². The molecule has 1 atom stereocenters. The van der Waals surface area contributed by atoms with Crippen molar-refractivity contribution < 1.29 is 37.4 Å². The highest BCUT2D eigenvalue weighted by atomic mass is 19.3. The number of rotatable bonds is 14. The van der Waals surface area contributed by atoms with Crippen LogP contribution in [0.4, 0.5) is 31.2 Å². The van der Waals surface area contributed by atoms with Crippen LogP contribution in [0.3, 0.4) is 0 Å². The summed E-state index contributed by atoms with van der Waals surface area (Å²) in [5, 5.41) is 11.1. The van der Waals surface area contributed by atoms with E-state index in [2.05, 4.69) is 42.8 Å². The summed E-state index contributed by atoms with van der Waals surface area (Å²) < 4.78 is 42.0. The van der Waals surface area contributed by atoms with Gasteiger partial charge in [-0.25, -0.2) is 18.4 Å². The van der Waals surface area contributed by atoms with Gasteiger partial charge in [0.05, 0.1) is 19.2 Å². The SMILES string of the molecule is C=C(/C=C\C)C1(Nc2nc(Nc3ccc(C(=O)N[C@@H](CNC(=O)OC(C)(C)C)C(=O)OC)cc3)nc(OCC(C)(F)F)n2)CC1. The monoisotopic (exact) mass is 631 g/mol. The van der Waals surface area contributed by atoms with Gasteiger partial charge in [-0.3, -0.25) is 4.79 Å². The van der Waals surface area contributed by atoms with E-state index in [-0.39, 0.29) is 30.0 Å². The first-order valence-electron chi connectivity index (χ1n) is 14.1. The van der Waals surface area contributed by atoms with Gasteiger partial charge in [0.15, 0.2) is 6.61 Å². The van der Waals surface area contributed by atoms with Crippen LogP contribution in [0.15, 0.2) is 48.6 Å². The number of allylic oxidation sites excluding steroid dienone is 1. The standard InChI is InChI=1S/C30H39F2N7O6/c1-8-9-18(2)30(14-15-30)39-25-36-24(37-26(38-25)44-17-29(6,31)32)34-20-12-10-19(11-13-20)22(40)35-21(23(41)43-7)16-33-27(42)45-28(3,4)5/h8-13,21H,2,14-17H2,1,3-7H3,(H,33,42)(H,35,40)(H2,34,36,37,38,39)/b9-8-/t21-/m0/s1. The number of carbonyl (C=O) groups is 3. The molecule has 4 N–H and O–H groups in total. The first-order chi connectivity index (χ1) is 21.0. The van der Waals surface area contributed by atoms with Gasteiger partial charge >= 0.3 is 18.1 Å². The molecule has 1 fully saturated rings. The minimum absolute atomic E-state index is 0.00513. The van der Waals surface area contributed by atoms with Crippen LogP contribution in [0.25, 0.3) is 0 Å². The molecule has 1 aromatic heterocycles. The molecule has 15 heteroatoms. The van der Waals surface area contributed by atoms with E-state index < -0.39 is 47.7 Å². The van der Waals surface area contributed by atoms with E-state index in [9.17, 15) is 23.2 Å². The lowest BCUT2D eigenvalue weighted by atomic mass is 10.1. The van der Waals surface area contributed by atoms with Crippen molar-refractivity contribution in [3.63, 3.8) is 0 Å². The second-order valence-corrected chi connectivity index (χ2v) is 11.5. The van der Waals surface area contributed by atoms with E-state index in [4.69, 9.17) is 14.2 Å². The van der Waals surface area contributed by atoms with Gasteiger partial charge < -0.3 is 35.5 Å². The van der Waals surface area contributed by atoms with Gasteiger partial charge in [-0.2, -0.15) is 15.0 Å². The summed E-state index contributed by atoms with van der Waals surface area (Å²) in [7, 11) is 1.16. The fraction of sp³-hybridized carbons (Fsp3) is 0.467. The molecule has 0 bridgehead atoms. The molecule has 2 amide bonds. The third kappa shape index (κ3) is 11.0. The number of methoxy groups -OCH3 is 1. The fourth-order valence-electron chi connectivity index (χ4n) is 3.86. The average molecular weight is 632 g/mol. The number of carbonyl (C=O) groups excluding carboxylic acids is 3. The number of halogens is 2. The van der Waals surface area contributed by atoms with Crippen molar-refractivity contribution in [3.8, 4) is 6.01 Å². The van der Waals surface area contributed by atoms with Crippen molar-refractivity contribution in [1.29, 1.82) is 0 Å². The Labute approximate surface area is 260 Å². The summed E-state index contributed by atoms with van der Waals surface area (Å²) in [5.41, 5.74) is 0.258. The Balaban J connectivity index is 1.73. The number of alkyl carbamates (subject to hydrolysis) is 1. The molecule has 1 aliphatic carbocycles. The summed E-state index contributed by atoms with van der Waals surface area (Å²) in [6, 6.07) is 4.56. The van der Waals surface area contributed by atoms with Gasteiger partial charge in [0.25, 0.3) is 11.8 Å². The first-order valence-corrected chi connectivity index (χ1v) is 14.1. The van der Waals surface area contributed by atoms with E-state index in [1.807, 2.05) is 19.1 Å². The number of hydrogen-bond acceptors (Lipinski definition) is 11. The zero-order valence-corrected chi connectivity index (χ0v) is 26.1. The normalized spacial score (nSPS) is 14.6. The Bertz CT molecular complexity index is 1420. The molecule has 0 unspecified atom stereocenters. The van der Waals surface area contributed by atoms with Gasteiger partial charge in [-0.1, -0.05) is 18.7 Å². The third-order valence-electron chi connectivity index (χ3n) is 6.20. The average Bonchev–Trinajstić information content (AvgIpc) is 3.73. The maximum atomic E-state index is 13.5. The lowest BCUT2D eigenvalue weighted by Crippen LogP contribution is -2.49. The Morgan fingerprint density at radius 1 is 1.07 bits per heavy atom. The number of anilines is 3. The molecule has 244 valence electrons. The molecule has 1 aromatic carbocycles. The van der Waals surface area contributed by atoms with Gasteiger partial charge in [-0.15, -0.1) is 0 Å². The minimum atomic E-state index is -3.11. The molecular weight excluding hydrogens is 592 g/mol. The summed E-state index contributed by atoms with van der Waals surface area (Å²) >= 11 is 0. The zero-order chi connectivity index (χ0) is 33.4. The van der Waals surface area contributed by atoms with E-state index in [0.717, 1.165) is 32.4 Å². The van der Waals surface area contributed by atoms with Crippen molar-refractivity contribution in [3.05, 3.63) is 54.1 Å². The molecule has 0 spiro atoms. The van der Waals surface area contributed by atoms with E-state index >= 15 is 0 Å². The molecule has 1 saturated carbocycles. The van der Waals surface area contributed by atoms with Crippen LogP contribution >= 0.6 is 0 Å². The quantitative estimate of drug-likeness (QED) is 0.171. The van der Waals surface area contributed by atoms with Gasteiger partial charge in [0, 0.05) is 18.2 Å². The van der Waals surface area contributed by atoms with Crippen LogP contribution < -0.4 is 26.0 Å². The van der Waals surface area contributed by atoms with Gasteiger partial charge in [0.1, 0.15) is 11.6 Å². The molecule has 0 saturated heterocycles. The number of ether oxygens (including phenoxy) is 3. The van der Waals surface area contributed by atoms with Crippen LogP contribution in [-0.4, -0.2) is 76.3 Å². The lowest BCUT2D eigenvalue weighted by molar-refractivity contribution is -0.142. The number of benzene rings is 1. The predicted octanol–water partition coefficient (Wildman–Crippen LogP) is 4.52. The highest BCUT2D eigenvalue weighted by Gasteiger charge is 2.45. The number of esters is 1. The summed E-state index contributed by atoms with van der Waals surface area (Å²) in [6.07, 6.45) is 4.54. The number of aromatic nitrogens is 3. The van der Waals surface area contributed by atoms with Crippen LogP contribution in [0.5, 0.6) is 6.01 Å². The molecule has 2 aromatic rings. The number of nitrogens with one attached hydrogen (secondary N) is 4. The fourth-order valence-corrected chi connectivity index (χ4v) is 3.86. The van der Waals surface area contributed by atoms with Crippen molar-refractivity contribution in [2.24, 2.45) is 0 Å². The minimum Gasteiger partial charge on any atom is -0.467 e. The van der Waals surface area contributed by atoms with Crippen LogP contribution in [-0.2, 0) is 14.3 Å². The number of hydrogen-bond donors (Lipinski definition) is 4. The first kappa shape index (κ1) is 34.7.